The van der Waals surface area contributed by atoms with Gasteiger partial charge in [0, 0.05) is 18.1 Å². The summed E-state index contributed by atoms with van der Waals surface area (Å²) in [5.74, 6) is 0.125. The van der Waals surface area contributed by atoms with Gasteiger partial charge in [0.1, 0.15) is 5.65 Å². The van der Waals surface area contributed by atoms with Gasteiger partial charge >= 0.3 is 5.97 Å². The smallest absolute Gasteiger partial charge is 0.356 e. The average molecular weight is 245 g/mol. The number of aromatic nitrogens is 2. The molecule has 0 bridgehead atoms. The molecule has 0 saturated carbocycles. The zero-order valence-corrected chi connectivity index (χ0v) is 10.2. The van der Waals surface area contributed by atoms with Crippen molar-refractivity contribution in [3.05, 3.63) is 29.6 Å². The Bertz CT molecular complexity index is 585. The van der Waals surface area contributed by atoms with Gasteiger partial charge in [0.25, 0.3) is 0 Å². The fourth-order valence-electron chi connectivity index (χ4n) is 2.50. The van der Waals surface area contributed by atoms with Gasteiger partial charge in [0.15, 0.2) is 5.69 Å². The maximum Gasteiger partial charge on any atom is 0.356 e. The lowest BCUT2D eigenvalue weighted by molar-refractivity contribution is 0.0594. The monoisotopic (exact) mass is 245 g/mol. The summed E-state index contributed by atoms with van der Waals surface area (Å²) < 4.78 is 4.67. The molecule has 1 aliphatic rings. The minimum absolute atomic E-state index is 0.336. The molecule has 5 nitrogen and oxygen atoms in total. The summed E-state index contributed by atoms with van der Waals surface area (Å²) in [4.78, 5) is 18.8. The predicted molar refractivity (Wildman–Crippen MR) is 67.7 cm³/mol. The maximum absolute atomic E-state index is 11.4. The number of hydrogen-bond donors (Lipinski definition) is 2. The van der Waals surface area contributed by atoms with Gasteiger partial charge < -0.3 is 15.0 Å². The molecule has 1 unspecified atom stereocenters. The second-order valence-electron chi connectivity index (χ2n) is 4.52. The highest BCUT2D eigenvalue weighted by atomic mass is 16.5. The van der Waals surface area contributed by atoms with Crippen LogP contribution in [-0.2, 0) is 4.74 Å². The van der Waals surface area contributed by atoms with E-state index in [4.69, 9.17) is 0 Å². The fourth-order valence-corrected chi connectivity index (χ4v) is 2.50. The number of nitrogens with one attached hydrogen (secondary N) is 2. The molecule has 0 aliphatic carbocycles. The first-order chi connectivity index (χ1) is 8.79. The van der Waals surface area contributed by atoms with Crippen molar-refractivity contribution in [1.29, 1.82) is 0 Å². The summed E-state index contributed by atoms with van der Waals surface area (Å²) in [6.07, 6.45) is 3.14. The van der Waals surface area contributed by atoms with Gasteiger partial charge in [-0.05, 0) is 36.6 Å². The van der Waals surface area contributed by atoms with Crippen LogP contribution in [0.1, 0.15) is 28.4 Å². The number of rotatable bonds is 2. The summed E-state index contributed by atoms with van der Waals surface area (Å²) in [6.45, 7) is 2.07. The molecule has 0 radical (unpaired) electrons. The molecule has 0 spiro atoms. The van der Waals surface area contributed by atoms with Crippen molar-refractivity contribution < 1.29 is 9.53 Å². The maximum atomic E-state index is 11.4. The average Bonchev–Trinajstić information content (AvgIpc) is 3.05. The second kappa shape index (κ2) is 4.42. The highest BCUT2D eigenvalue weighted by Gasteiger charge is 2.20. The van der Waals surface area contributed by atoms with E-state index in [0.29, 0.717) is 11.6 Å². The SMILES string of the molecule is COC(=O)c1ccc2c(C3CCNC3)c[nH]c2n1. The quantitative estimate of drug-likeness (QED) is 0.785. The highest BCUT2D eigenvalue weighted by Crippen LogP contribution is 2.28. The van der Waals surface area contributed by atoms with E-state index in [2.05, 4.69) is 20.0 Å². The van der Waals surface area contributed by atoms with Crippen molar-refractivity contribution in [2.75, 3.05) is 20.2 Å². The largest absolute Gasteiger partial charge is 0.464 e. The third-order valence-electron chi connectivity index (χ3n) is 3.47. The molecule has 3 rings (SSSR count). The first-order valence-corrected chi connectivity index (χ1v) is 6.06. The molecule has 0 amide bonds. The molecule has 2 aromatic heterocycles. The number of hydrogen-bond acceptors (Lipinski definition) is 4. The number of ether oxygens (including phenoxy) is 1. The van der Waals surface area contributed by atoms with E-state index in [1.165, 1.54) is 12.7 Å². The van der Waals surface area contributed by atoms with Crippen molar-refractivity contribution >= 4 is 17.0 Å². The third kappa shape index (κ3) is 1.76. The van der Waals surface area contributed by atoms with Crippen molar-refractivity contribution in [3.63, 3.8) is 0 Å². The van der Waals surface area contributed by atoms with Gasteiger partial charge in [0.05, 0.1) is 7.11 Å². The molecular formula is C13H15N3O2. The number of nitrogens with zero attached hydrogens (tertiary/aromatic N) is 1. The fraction of sp³-hybridized carbons (Fsp3) is 0.385. The molecule has 94 valence electrons. The molecule has 1 atom stereocenters. The topological polar surface area (TPSA) is 67.0 Å². The molecule has 2 aromatic rings. The van der Waals surface area contributed by atoms with Crippen LogP contribution in [0.25, 0.3) is 11.0 Å². The minimum Gasteiger partial charge on any atom is -0.464 e. The lowest BCUT2D eigenvalue weighted by Gasteiger charge is -2.06. The number of methoxy groups -OCH3 is 1. The van der Waals surface area contributed by atoms with Crippen LogP contribution >= 0.6 is 0 Å². The van der Waals surface area contributed by atoms with Crippen LogP contribution in [0.2, 0.25) is 0 Å². The Hall–Kier alpha value is -1.88. The van der Waals surface area contributed by atoms with Crippen LogP contribution in [0, 0.1) is 0 Å². The van der Waals surface area contributed by atoms with Crippen LogP contribution in [-0.4, -0.2) is 36.1 Å². The van der Waals surface area contributed by atoms with E-state index in [-0.39, 0.29) is 0 Å². The second-order valence-corrected chi connectivity index (χ2v) is 4.52. The molecular weight excluding hydrogens is 230 g/mol. The summed E-state index contributed by atoms with van der Waals surface area (Å²) >= 11 is 0. The van der Waals surface area contributed by atoms with Crippen LogP contribution in [0.3, 0.4) is 0 Å². The van der Waals surface area contributed by atoms with Crippen molar-refractivity contribution in [1.82, 2.24) is 15.3 Å². The summed E-state index contributed by atoms with van der Waals surface area (Å²) in [7, 11) is 1.36. The molecule has 3 heterocycles. The molecule has 0 aromatic carbocycles. The summed E-state index contributed by atoms with van der Waals surface area (Å²) in [5.41, 5.74) is 2.36. The Morgan fingerprint density at radius 2 is 2.39 bits per heavy atom. The van der Waals surface area contributed by atoms with Gasteiger partial charge in [-0.25, -0.2) is 9.78 Å². The Morgan fingerprint density at radius 1 is 1.50 bits per heavy atom. The van der Waals surface area contributed by atoms with E-state index < -0.39 is 5.97 Å². The number of fused-ring (bicyclic) bond motifs is 1. The number of pyridine rings is 1. The Morgan fingerprint density at radius 3 is 3.11 bits per heavy atom. The predicted octanol–water partition coefficient (Wildman–Crippen LogP) is 1.43. The van der Waals surface area contributed by atoms with Crippen molar-refractivity contribution in [3.8, 4) is 0 Å². The van der Waals surface area contributed by atoms with E-state index in [1.807, 2.05) is 12.3 Å². The Labute approximate surface area is 105 Å². The normalized spacial score (nSPS) is 19.3. The van der Waals surface area contributed by atoms with Crippen molar-refractivity contribution in [2.45, 2.75) is 12.3 Å². The zero-order chi connectivity index (χ0) is 12.5. The van der Waals surface area contributed by atoms with E-state index in [0.717, 1.165) is 30.5 Å². The molecule has 1 saturated heterocycles. The standard InChI is InChI=1S/C13H15N3O2/c1-18-13(17)11-3-2-9-10(7-15-12(9)16-11)8-4-5-14-6-8/h2-3,7-8,14H,4-6H2,1H3,(H,15,16). The first-order valence-electron chi connectivity index (χ1n) is 6.06. The number of esters is 1. The van der Waals surface area contributed by atoms with Crippen LogP contribution in [0.5, 0.6) is 0 Å². The van der Waals surface area contributed by atoms with E-state index >= 15 is 0 Å². The van der Waals surface area contributed by atoms with Gasteiger partial charge in [-0.15, -0.1) is 0 Å². The van der Waals surface area contributed by atoms with Gasteiger partial charge in [-0.3, -0.25) is 0 Å². The van der Waals surface area contributed by atoms with Crippen molar-refractivity contribution in [2.24, 2.45) is 0 Å². The molecule has 1 aliphatic heterocycles. The number of carbonyl (C=O) groups is 1. The number of carbonyl (C=O) groups excluding carboxylic acids is 1. The van der Waals surface area contributed by atoms with Gasteiger partial charge in [-0.2, -0.15) is 0 Å². The first kappa shape index (κ1) is 11.2. The van der Waals surface area contributed by atoms with E-state index in [1.54, 1.807) is 6.07 Å². The Kier molecular flexibility index (Phi) is 2.76. The third-order valence-corrected chi connectivity index (χ3v) is 3.47. The lowest BCUT2D eigenvalue weighted by Crippen LogP contribution is -2.07. The minimum atomic E-state index is -0.407. The van der Waals surface area contributed by atoms with Crippen LogP contribution in [0.15, 0.2) is 18.3 Å². The van der Waals surface area contributed by atoms with E-state index in [9.17, 15) is 4.79 Å². The molecule has 2 N–H and O–H groups in total. The number of H-pyrrole nitrogens is 1. The Balaban J connectivity index is 2.02. The molecule has 18 heavy (non-hydrogen) atoms. The molecule has 1 fully saturated rings. The lowest BCUT2D eigenvalue weighted by atomic mass is 9.99. The highest BCUT2D eigenvalue weighted by molar-refractivity contribution is 5.91. The van der Waals surface area contributed by atoms with Crippen LogP contribution in [0.4, 0.5) is 0 Å². The summed E-state index contributed by atoms with van der Waals surface area (Å²) in [5, 5.41) is 4.45. The zero-order valence-electron chi connectivity index (χ0n) is 10.2. The van der Waals surface area contributed by atoms with Crippen LogP contribution < -0.4 is 5.32 Å². The summed E-state index contributed by atoms with van der Waals surface area (Å²) in [6, 6.07) is 3.66. The molecule has 5 heteroatoms. The number of aromatic amines is 1. The van der Waals surface area contributed by atoms with Gasteiger partial charge in [-0.1, -0.05) is 0 Å². The van der Waals surface area contributed by atoms with Gasteiger partial charge in [0.2, 0.25) is 0 Å².